The molecule has 1 aromatic carbocycles. The highest BCUT2D eigenvalue weighted by Crippen LogP contribution is 2.25. The Balaban J connectivity index is 3.06. The van der Waals surface area contributed by atoms with Crippen LogP contribution in [0, 0.1) is 0 Å². The Morgan fingerprint density at radius 2 is 2.00 bits per heavy atom. The fourth-order valence-electron chi connectivity index (χ4n) is 2.49. The van der Waals surface area contributed by atoms with Gasteiger partial charge in [0.05, 0.1) is 6.61 Å². The van der Waals surface area contributed by atoms with E-state index < -0.39 is 0 Å². The minimum Gasteiger partial charge on any atom is -0.398 e. The lowest BCUT2D eigenvalue weighted by molar-refractivity contribution is 0.101. The van der Waals surface area contributed by atoms with E-state index in [2.05, 4.69) is 18.7 Å². The smallest absolute Gasteiger partial charge is 0.161 e. The fourth-order valence-corrected chi connectivity index (χ4v) is 2.49. The summed E-state index contributed by atoms with van der Waals surface area (Å²) < 4.78 is 5.20. The van der Waals surface area contributed by atoms with E-state index in [1.807, 2.05) is 18.2 Å². The van der Waals surface area contributed by atoms with E-state index in [-0.39, 0.29) is 5.78 Å². The van der Waals surface area contributed by atoms with Crippen molar-refractivity contribution < 1.29 is 9.53 Å². The summed E-state index contributed by atoms with van der Waals surface area (Å²) in [5, 5.41) is 0. The number of ketones is 1. The summed E-state index contributed by atoms with van der Waals surface area (Å²) in [7, 11) is 1.71. The van der Waals surface area contributed by atoms with Gasteiger partial charge in [-0.05, 0) is 38.0 Å². The molecule has 0 aliphatic rings. The number of benzene rings is 1. The van der Waals surface area contributed by atoms with Crippen molar-refractivity contribution in [2.75, 3.05) is 30.9 Å². The molecule has 1 rings (SSSR count). The van der Waals surface area contributed by atoms with Crippen LogP contribution >= 0.6 is 0 Å². The van der Waals surface area contributed by atoms with Crippen LogP contribution in [0.15, 0.2) is 18.2 Å². The van der Waals surface area contributed by atoms with Crippen molar-refractivity contribution in [3.8, 4) is 0 Å². The third kappa shape index (κ3) is 3.97. The van der Waals surface area contributed by atoms with E-state index in [4.69, 9.17) is 10.5 Å². The zero-order valence-corrected chi connectivity index (χ0v) is 13.0. The fraction of sp³-hybridized carbons (Fsp3) is 0.562. The summed E-state index contributed by atoms with van der Waals surface area (Å²) in [5.41, 5.74) is 8.18. The molecule has 2 N–H and O–H groups in total. The Bertz CT molecular complexity index is 442. The standard InChI is InChI=1S/C16H26N2O2/c1-5-13(6-2)18(9-10-20-4)14-7-8-15(12(3)19)16(17)11-14/h7-8,11,13H,5-6,9-10,17H2,1-4H3. The average Bonchev–Trinajstić information content (AvgIpc) is 2.43. The van der Waals surface area contributed by atoms with Crippen molar-refractivity contribution in [2.24, 2.45) is 0 Å². The number of anilines is 2. The number of ether oxygens (including phenoxy) is 1. The third-order valence-electron chi connectivity index (χ3n) is 3.67. The normalized spacial score (nSPS) is 10.8. The van der Waals surface area contributed by atoms with Crippen molar-refractivity contribution >= 4 is 17.2 Å². The van der Waals surface area contributed by atoms with Gasteiger partial charge in [0.2, 0.25) is 0 Å². The summed E-state index contributed by atoms with van der Waals surface area (Å²) in [4.78, 5) is 13.8. The Hall–Kier alpha value is -1.55. The zero-order chi connectivity index (χ0) is 15.1. The van der Waals surface area contributed by atoms with Gasteiger partial charge < -0.3 is 15.4 Å². The summed E-state index contributed by atoms with van der Waals surface area (Å²) in [6, 6.07) is 6.13. The first-order chi connectivity index (χ1) is 9.54. The number of hydrogen-bond donors (Lipinski definition) is 1. The number of nitrogens with two attached hydrogens (primary N) is 1. The van der Waals surface area contributed by atoms with E-state index in [1.54, 1.807) is 7.11 Å². The molecule has 0 aliphatic carbocycles. The topological polar surface area (TPSA) is 55.6 Å². The number of rotatable bonds is 8. The molecule has 0 atom stereocenters. The third-order valence-corrected chi connectivity index (χ3v) is 3.67. The highest BCUT2D eigenvalue weighted by Gasteiger charge is 2.17. The lowest BCUT2D eigenvalue weighted by Crippen LogP contribution is -2.37. The van der Waals surface area contributed by atoms with Gasteiger partial charge in [-0.25, -0.2) is 0 Å². The highest BCUT2D eigenvalue weighted by atomic mass is 16.5. The monoisotopic (exact) mass is 278 g/mol. The lowest BCUT2D eigenvalue weighted by atomic mass is 10.1. The molecule has 0 aliphatic heterocycles. The molecule has 112 valence electrons. The zero-order valence-electron chi connectivity index (χ0n) is 13.0. The van der Waals surface area contributed by atoms with E-state index in [0.29, 0.717) is 23.9 Å². The molecule has 0 heterocycles. The molecule has 0 fully saturated rings. The number of nitrogens with zero attached hydrogens (tertiary/aromatic N) is 1. The van der Waals surface area contributed by atoms with E-state index in [1.165, 1.54) is 6.92 Å². The summed E-state index contributed by atoms with van der Waals surface area (Å²) >= 11 is 0. The molecule has 0 saturated heterocycles. The Kier molecular flexibility index (Phi) is 6.52. The molecular formula is C16H26N2O2. The number of methoxy groups -OCH3 is 1. The first-order valence-corrected chi connectivity index (χ1v) is 7.21. The molecule has 0 unspecified atom stereocenters. The van der Waals surface area contributed by atoms with Gasteiger partial charge in [0, 0.05) is 36.6 Å². The molecule has 4 nitrogen and oxygen atoms in total. The molecule has 20 heavy (non-hydrogen) atoms. The van der Waals surface area contributed by atoms with Crippen molar-refractivity contribution in [3.63, 3.8) is 0 Å². The van der Waals surface area contributed by atoms with Gasteiger partial charge in [0.1, 0.15) is 0 Å². The first kappa shape index (κ1) is 16.5. The van der Waals surface area contributed by atoms with Crippen LogP contribution in [0.2, 0.25) is 0 Å². The van der Waals surface area contributed by atoms with Crippen molar-refractivity contribution in [2.45, 2.75) is 39.7 Å². The van der Waals surface area contributed by atoms with E-state index in [9.17, 15) is 4.79 Å². The maximum absolute atomic E-state index is 11.5. The number of carbonyl (C=O) groups is 1. The van der Waals surface area contributed by atoms with E-state index >= 15 is 0 Å². The first-order valence-electron chi connectivity index (χ1n) is 7.21. The SMILES string of the molecule is CCC(CC)N(CCOC)c1ccc(C(C)=O)c(N)c1. The van der Waals surface area contributed by atoms with Crippen molar-refractivity contribution in [3.05, 3.63) is 23.8 Å². The van der Waals surface area contributed by atoms with Crippen LogP contribution in [0.25, 0.3) is 0 Å². The predicted octanol–water partition coefficient (Wildman–Crippen LogP) is 3.11. The van der Waals surface area contributed by atoms with Crippen LogP contribution in [0.4, 0.5) is 11.4 Å². The van der Waals surface area contributed by atoms with Gasteiger partial charge in [-0.1, -0.05) is 13.8 Å². The van der Waals surface area contributed by atoms with Gasteiger partial charge in [0.25, 0.3) is 0 Å². The van der Waals surface area contributed by atoms with Crippen LogP contribution in [0.5, 0.6) is 0 Å². The van der Waals surface area contributed by atoms with Crippen LogP contribution in [0.3, 0.4) is 0 Å². The number of carbonyl (C=O) groups excluding carboxylic acids is 1. The highest BCUT2D eigenvalue weighted by molar-refractivity contribution is 5.99. The van der Waals surface area contributed by atoms with Crippen LogP contribution in [-0.2, 0) is 4.74 Å². The summed E-state index contributed by atoms with van der Waals surface area (Å²) in [5.74, 6) is 0.0000228. The lowest BCUT2D eigenvalue weighted by Gasteiger charge is -2.33. The largest absolute Gasteiger partial charge is 0.398 e. The van der Waals surface area contributed by atoms with Gasteiger partial charge >= 0.3 is 0 Å². The molecule has 0 spiro atoms. The molecule has 1 aromatic rings. The predicted molar refractivity (Wildman–Crippen MR) is 84.5 cm³/mol. The number of hydrogen-bond acceptors (Lipinski definition) is 4. The second-order valence-corrected chi connectivity index (χ2v) is 4.98. The van der Waals surface area contributed by atoms with Gasteiger partial charge in [-0.15, -0.1) is 0 Å². The summed E-state index contributed by atoms with van der Waals surface area (Å²) in [6.45, 7) is 7.39. The molecule has 0 radical (unpaired) electrons. The van der Waals surface area contributed by atoms with Crippen molar-refractivity contribution in [1.29, 1.82) is 0 Å². The van der Waals surface area contributed by atoms with Crippen molar-refractivity contribution in [1.82, 2.24) is 0 Å². The van der Waals surface area contributed by atoms with Gasteiger partial charge in [0.15, 0.2) is 5.78 Å². The minimum absolute atomic E-state index is 0.0000228. The molecular weight excluding hydrogens is 252 g/mol. The summed E-state index contributed by atoms with van der Waals surface area (Å²) in [6.07, 6.45) is 2.13. The van der Waals surface area contributed by atoms with Crippen LogP contribution < -0.4 is 10.6 Å². The Morgan fingerprint density at radius 1 is 1.35 bits per heavy atom. The quantitative estimate of drug-likeness (QED) is 0.586. The molecule has 0 saturated carbocycles. The second-order valence-electron chi connectivity index (χ2n) is 4.98. The Morgan fingerprint density at radius 3 is 2.45 bits per heavy atom. The Labute approximate surface area is 121 Å². The number of nitrogen functional groups attached to an aromatic ring is 1. The van der Waals surface area contributed by atoms with Crippen LogP contribution in [0.1, 0.15) is 44.0 Å². The molecule has 4 heteroatoms. The average molecular weight is 278 g/mol. The van der Waals surface area contributed by atoms with Gasteiger partial charge in [-0.3, -0.25) is 4.79 Å². The maximum atomic E-state index is 11.5. The molecule has 0 aromatic heterocycles. The number of Topliss-reactive ketones (excluding diaryl/α,β-unsaturated/α-hetero) is 1. The second kappa shape index (κ2) is 7.90. The minimum atomic E-state index is 0.0000228. The van der Waals surface area contributed by atoms with Gasteiger partial charge in [-0.2, -0.15) is 0 Å². The maximum Gasteiger partial charge on any atom is 0.161 e. The molecule has 0 amide bonds. The van der Waals surface area contributed by atoms with Crippen LogP contribution in [-0.4, -0.2) is 32.1 Å². The molecule has 0 bridgehead atoms. The van der Waals surface area contributed by atoms with E-state index in [0.717, 1.165) is 25.1 Å².